The van der Waals surface area contributed by atoms with Gasteiger partial charge in [-0.15, -0.1) is 0 Å². The number of carbonyl (C=O) groups excluding carboxylic acids is 1. The number of hydrogen-bond donors (Lipinski definition) is 1. The molecule has 0 unspecified atom stereocenters. The molecule has 0 aliphatic rings. The first-order chi connectivity index (χ1) is 12.0. The fraction of sp³-hybridized carbons (Fsp3) is 0.167. The van der Waals surface area contributed by atoms with E-state index in [0.29, 0.717) is 6.54 Å². The fourth-order valence-corrected chi connectivity index (χ4v) is 2.59. The van der Waals surface area contributed by atoms with Gasteiger partial charge in [0.15, 0.2) is 0 Å². The summed E-state index contributed by atoms with van der Waals surface area (Å²) in [5.74, 6) is -0.888. The molecule has 0 spiro atoms. The van der Waals surface area contributed by atoms with Crippen LogP contribution in [0, 0.1) is 5.82 Å². The lowest BCUT2D eigenvalue weighted by Gasteiger charge is -2.16. The first-order valence-electron chi connectivity index (χ1n) is 7.65. The lowest BCUT2D eigenvalue weighted by molar-refractivity contribution is -0.117. The minimum absolute atomic E-state index is 0.0938. The molecule has 25 heavy (non-hydrogen) atoms. The minimum Gasteiger partial charge on any atom is -0.322 e. The van der Waals surface area contributed by atoms with Gasteiger partial charge in [-0.3, -0.25) is 14.7 Å². The van der Waals surface area contributed by atoms with Crippen LogP contribution in [0.1, 0.15) is 5.69 Å². The highest BCUT2D eigenvalue weighted by molar-refractivity contribution is 6.30. The number of anilines is 1. The molecule has 0 fully saturated rings. The maximum absolute atomic E-state index is 13.7. The number of amides is 1. The van der Waals surface area contributed by atoms with Gasteiger partial charge in [-0.05, 0) is 37.4 Å². The van der Waals surface area contributed by atoms with Crippen molar-refractivity contribution < 1.29 is 9.18 Å². The van der Waals surface area contributed by atoms with E-state index in [4.69, 9.17) is 11.6 Å². The van der Waals surface area contributed by atoms with Crippen LogP contribution in [0.2, 0.25) is 5.02 Å². The summed E-state index contributed by atoms with van der Waals surface area (Å²) in [5.41, 5.74) is 2.49. The number of nitrogens with zero attached hydrogens (tertiary/aromatic N) is 3. The Morgan fingerprint density at radius 1 is 1.24 bits per heavy atom. The molecular formula is C18H16ClFN4O. The molecule has 1 aromatic heterocycles. The Morgan fingerprint density at radius 3 is 2.76 bits per heavy atom. The average Bonchev–Trinajstić information content (AvgIpc) is 2.57. The minimum atomic E-state index is -0.566. The van der Waals surface area contributed by atoms with Gasteiger partial charge in [0.05, 0.1) is 35.2 Å². The van der Waals surface area contributed by atoms with Crippen LogP contribution in [0.3, 0.4) is 0 Å². The number of rotatable bonds is 5. The number of halogens is 2. The van der Waals surface area contributed by atoms with Gasteiger partial charge in [0, 0.05) is 11.6 Å². The summed E-state index contributed by atoms with van der Waals surface area (Å²) in [6.45, 7) is 0.547. The molecule has 1 heterocycles. The van der Waals surface area contributed by atoms with Gasteiger partial charge in [-0.2, -0.15) is 0 Å². The quantitative estimate of drug-likeness (QED) is 0.758. The highest BCUT2D eigenvalue weighted by Gasteiger charge is 2.11. The van der Waals surface area contributed by atoms with E-state index in [2.05, 4.69) is 15.3 Å². The molecule has 0 atom stereocenters. The van der Waals surface area contributed by atoms with Gasteiger partial charge >= 0.3 is 0 Å². The van der Waals surface area contributed by atoms with Crippen LogP contribution in [0.25, 0.3) is 11.0 Å². The molecule has 0 saturated heterocycles. The van der Waals surface area contributed by atoms with Crippen molar-refractivity contribution >= 4 is 34.2 Å². The van der Waals surface area contributed by atoms with E-state index < -0.39 is 5.82 Å². The maximum Gasteiger partial charge on any atom is 0.238 e. The molecular weight excluding hydrogens is 343 g/mol. The topological polar surface area (TPSA) is 58.1 Å². The molecule has 0 bridgehead atoms. The summed E-state index contributed by atoms with van der Waals surface area (Å²) in [6.07, 6.45) is 1.69. The lowest BCUT2D eigenvalue weighted by atomic mass is 10.3. The molecule has 0 aliphatic heterocycles. The Kier molecular flexibility index (Phi) is 5.21. The molecule has 5 nitrogen and oxygen atoms in total. The van der Waals surface area contributed by atoms with Crippen LogP contribution in [-0.4, -0.2) is 34.4 Å². The molecule has 0 aliphatic carbocycles. The van der Waals surface area contributed by atoms with Gasteiger partial charge in [0.1, 0.15) is 5.82 Å². The second-order valence-corrected chi connectivity index (χ2v) is 6.13. The first kappa shape index (κ1) is 17.3. The van der Waals surface area contributed by atoms with Gasteiger partial charge in [-0.1, -0.05) is 23.7 Å². The Bertz CT molecular complexity index is 918. The van der Waals surface area contributed by atoms with Crippen molar-refractivity contribution in [3.05, 3.63) is 65.2 Å². The summed E-state index contributed by atoms with van der Waals surface area (Å²) < 4.78 is 13.7. The summed E-state index contributed by atoms with van der Waals surface area (Å²) >= 11 is 5.70. The van der Waals surface area contributed by atoms with E-state index in [1.54, 1.807) is 18.1 Å². The van der Waals surface area contributed by atoms with Gasteiger partial charge in [0.2, 0.25) is 5.91 Å². The third kappa shape index (κ3) is 4.49. The molecule has 3 aromatic rings. The van der Waals surface area contributed by atoms with E-state index in [9.17, 15) is 9.18 Å². The Hall–Kier alpha value is -2.57. The van der Waals surface area contributed by atoms with Crippen LogP contribution >= 0.6 is 11.6 Å². The van der Waals surface area contributed by atoms with Gasteiger partial charge < -0.3 is 5.32 Å². The highest BCUT2D eigenvalue weighted by Crippen LogP contribution is 2.18. The van der Waals surface area contributed by atoms with Crippen molar-refractivity contribution in [2.24, 2.45) is 0 Å². The fourth-order valence-electron chi connectivity index (χ4n) is 2.43. The Balaban J connectivity index is 1.60. The number of fused-ring (bicyclic) bond motifs is 1. The third-order valence-electron chi connectivity index (χ3n) is 3.55. The summed E-state index contributed by atoms with van der Waals surface area (Å²) in [7, 11) is 1.79. The van der Waals surface area contributed by atoms with E-state index in [0.717, 1.165) is 22.8 Å². The zero-order chi connectivity index (χ0) is 17.8. The van der Waals surface area contributed by atoms with Gasteiger partial charge in [0.25, 0.3) is 0 Å². The summed E-state index contributed by atoms with van der Waals surface area (Å²) in [5, 5.41) is 2.81. The molecule has 0 saturated carbocycles. The number of hydrogen-bond acceptors (Lipinski definition) is 4. The van der Waals surface area contributed by atoms with Crippen LogP contribution in [-0.2, 0) is 11.3 Å². The second kappa shape index (κ2) is 7.55. The van der Waals surface area contributed by atoms with E-state index in [-0.39, 0.29) is 23.2 Å². The molecule has 0 radical (unpaired) electrons. The van der Waals surface area contributed by atoms with Crippen LogP contribution in [0.4, 0.5) is 10.1 Å². The monoisotopic (exact) mass is 358 g/mol. The maximum atomic E-state index is 13.7. The second-order valence-electron chi connectivity index (χ2n) is 5.69. The largest absolute Gasteiger partial charge is 0.322 e. The number of likely N-dealkylation sites (N-methyl/N-ethyl adjacent to an activating group) is 1. The van der Waals surface area contributed by atoms with Crippen molar-refractivity contribution in [3.63, 3.8) is 0 Å². The zero-order valence-corrected chi connectivity index (χ0v) is 14.3. The number of benzene rings is 2. The Morgan fingerprint density at radius 2 is 2.00 bits per heavy atom. The predicted molar refractivity (Wildman–Crippen MR) is 95.9 cm³/mol. The number of para-hydroxylation sites is 2. The number of nitrogens with one attached hydrogen (secondary N) is 1. The van der Waals surface area contributed by atoms with Gasteiger partial charge in [-0.25, -0.2) is 9.37 Å². The summed E-state index contributed by atoms with van der Waals surface area (Å²) in [4.78, 5) is 22.7. The van der Waals surface area contributed by atoms with E-state index in [1.165, 1.54) is 12.1 Å². The normalized spacial score (nSPS) is 11.0. The highest BCUT2D eigenvalue weighted by atomic mass is 35.5. The molecule has 2 aromatic carbocycles. The Labute approximate surface area is 149 Å². The average molecular weight is 359 g/mol. The van der Waals surface area contributed by atoms with Crippen molar-refractivity contribution in [1.29, 1.82) is 0 Å². The summed E-state index contributed by atoms with van der Waals surface area (Å²) in [6, 6.07) is 11.7. The van der Waals surface area contributed by atoms with E-state index in [1.807, 2.05) is 24.3 Å². The smallest absolute Gasteiger partial charge is 0.238 e. The molecule has 7 heteroatoms. The van der Waals surface area contributed by atoms with E-state index >= 15 is 0 Å². The molecule has 3 rings (SSSR count). The lowest BCUT2D eigenvalue weighted by Crippen LogP contribution is -2.30. The van der Waals surface area contributed by atoms with Crippen molar-refractivity contribution in [1.82, 2.24) is 14.9 Å². The SMILES string of the molecule is CN(CC(=O)Nc1ccc(Cl)cc1F)Cc1cnc2ccccc2n1. The molecule has 1 N–H and O–H groups in total. The molecule has 128 valence electrons. The third-order valence-corrected chi connectivity index (χ3v) is 3.78. The predicted octanol–water partition coefficient (Wildman–Crippen LogP) is 3.49. The number of aromatic nitrogens is 2. The molecule has 1 amide bonds. The van der Waals surface area contributed by atoms with Crippen molar-refractivity contribution in [3.8, 4) is 0 Å². The van der Waals surface area contributed by atoms with Crippen molar-refractivity contribution in [2.45, 2.75) is 6.54 Å². The standard InChI is InChI=1S/C18H16ClFN4O/c1-24(10-13-9-21-16-4-2-3-5-17(16)22-13)11-18(25)23-15-7-6-12(19)8-14(15)20/h2-9H,10-11H2,1H3,(H,23,25). The zero-order valence-electron chi connectivity index (χ0n) is 13.5. The number of carbonyl (C=O) groups is 1. The van der Waals surface area contributed by atoms with Crippen LogP contribution < -0.4 is 5.32 Å². The first-order valence-corrected chi connectivity index (χ1v) is 8.03. The van der Waals surface area contributed by atoms with Crippen LogP contribution in [0.5, 0.6) is 0 Å². The van der Waals surface area contributed by atoms with Crippen molar-refractivity contribution in [2.75, 3.05) is 18.9 Å². The van der Waals surface area contributed by atoms with Crippen LogP contribution in [0.15, 0.2) is 48.7 Å².